The topological polar surface area (TPSA) is 38.7 Å². The third kappa shape index (κ3) is 6.58. The van der Waals surface area contributed by atoms with Gasteiger partial charge in [-0.3, -0.25) is 0 Å². The van der Waals surface area contributed by atoms with Gasteiger partial charge in [-0.05, 0) is 25.1 Å². The van der Waals surface area contributed by atoms with Crippen molar-refractivity contribution >= 4 is 15.9 Å². The Kier molecular flexibility index (Phi) is 6.78. The summed E-state index contributed by atoms with van der Waals surface area (Å²) < 4.78 is 46.2. The molecule has 1 aromatic rings. The van der Waals surface area contributed by atoms with Gasteiger partial charge in [0.1, 0.15) is 12.4 Å². The van der Waals surface area contributed by atoms with Crippen LogP contribution in [-0.2, 0) is 4.74 Å². The summed E-state index contributed by atoms with van der Waals surface area (Å²) in [5.41, 5.74) is 0.621. The Hall–Kier alpha value is -0.790. The van der Waals surface area contributed by atoms with E-state index in [0.29, 0.717) is 17.7 Å². The fourth-order valence-electron chi connectivity index (χ4n) is 1.51. The highest BCUT2D eigenvalue weighted by molar-refractivity contribution is 9.10. The fraction of sp³-hybridized carbons (Fsp3) is 0.538. The van der Waals surface area contributed by atoms with Gasteiger partial charge in [-0.2, -0.15) is 13.2 Å². The lowest BCUT2D eigenvalue weighted by Gasteiger charge is -2.14. The van der Waals surface area contributed by atoms with Gasteiger partial charge >= 0.3 is 6.18 Å². The molecule has 0 saturated carbocycles. The van der Waals surface area contributed by atoms with Gasteiger partial charge in [0, 0.05) is 16.5 Å². The molecular weight excluding hydrogens is 341 g/mol. The van der Waals surface area contributed by atoms with E-state index in [4.69, 9.17) is 4.74 Å². The summed E-state index contributed by atoms with van der Waals surface area (Å²) >= 11 is 3.29. The van der Waals surface area contributed by atoms with Crippen molar-refractivity contribution in [2.75, 3.05) is 19.8 Å². The van der Waals surface area contributed by atoms with E-state index < -0.39 is 18.9 Å². The molecule has 0 amide bonds. The molecule has 0 fully saturated rings. The molecule has 0 unspecified atom stereocenters. The smallest absolute Gasteiger partial charge is 0.411 e. The predicted octanol–water partition coefficient (Wildman–Crippen LogP) is 3.85. The second-order valence-corrected chi connectivity index (χ2v) is 5.14. The molecule has 0 aliphatic heterocycles. The van der Waals surface area contributed by atoms with Gasteiger partial charge in [-0.25, -0.2) is 0 Å². The van der Waals surface area contributed by atoms with Crippen LogP contribution < -0.4 is 4.74 Å². The Balaban J connectivity index is 2.35. The molecule has 0 aromatic heterocycles. The normalized spacial score (nSPS) is 13.3. The summed E-state index contributed by atoms with van der Waals surface area (Å²) in [6.45, 7) is 0.560. The molecule has 0 radical (unpaired) electrons. The maximum atomic E-state index is 11.8. The second kappa shape index (κ2) is 7.85. The Morgan fingerprint density at radius 3 is 2.60 bits per heavy atom. The van der Waals surface area contributed by atoms with Gasteiger partial charge in [0.2, 0.25) is 0 Å². The molecule has 0 aliphatic carbocycles. The molecule has 0 aliphatic rings. The number of ether oxygens (including phenoxy) is 2. The molecular formula is C13H16BrF3O3. The highest BCUT2D eigenvalue weighted by Gasteiger charge is 2.27. The number of hydrogen-bond acceptors (Lipinski definition) is 3. The zero-order chi connectivity index (χ0) is 15.2. The van der Waals surface area contributed by atoms with Gasteiger partial charge < -0.3 is 14.6 Å². The maximum absolute atomic E-state index is 11.8. The lowest BCUT2D eigenvalue weighted by atomic mass is 10.1. The number of hydrogen-bond donors (Lipinski definition) is 1. The van der Waals surface area contributed by atoms with Gasteiger partial charge in [0.05, 0.1) is 19.3 Å². The summed E-state index contributed by atoms with van der Waals surface area (Å²) in [4.78, 5) is 0. The molecule has 3 nitrogen and oxygen atoms in total. The zero-order valence-corrected chi connectivity index (χ0v) is 12.5. The first kappa shape index (κ1) is 17.3. The third-order valence-corrected chi connectivity index (χ3v) is 2.87. The average molecular weight is 357 g/mol. The number of rotatable bonds is 7. The van der Waals surface area contributed by atoms with Crippen molar-refractivity contribution in [3.05, 3.63) is 28.2 Å². The minimum atomic E-state index is -4.30. The van der Waals surface area contributed by atoms with Crippen molar-refractivity contribution < 1.29 is 27.8 Å². The standard InChI is InChI=1S/C13H16BrF3O3/c1-9(18)11-7-10(14)3-4-12(11)20-6-2-5-19-8-13(15,16)17/h3-4,7,9,18H,2,5-6,8H2,1H3/t9-/m0/s1. The largest absolute Gasteiger partial charge is 0.493 e. The summed E-state index contributed by atoms with van der Waals surface area (Å²) in [7, 11) is 0. The van der Waals surface area contributed by atoms with Crippen LogP contribution in [0.25, 0.3) is 0 Å². The number of aliphatic hydroxyl groups excluding tert-OH is 1. The summed E-state index contributed by atoms with van der Waals surface area (Å²) in [5.74, 6) is 0.513. The van der Waals surface area contributed by atoms with Gasteiger partial charge in [0.15, 0.2) is 0 Å². The van der Waals surface area contributed by atoms with E-state index >= 15 is 0 Å². The van der Waals surface area contributed by atoms with Crippen molar-refractivity contribution in [1.82, 2.24) is 0 Å². The SMILES string of the molecule is C[C@H](O)c1cc(Br)ccc1OCCCOCC(F)(F)F. The quantitative estimate of drug-likeness (QED) is 0.754. The molecule has 0 bridgehead atoms. The van der Waals surface area contributed by atoms with Crippen LogP contribution in [-0.4, -0.2) is 31.1 Å². The van der Waals surface area contributed by atoms with Crippen LogP contribution in [0, 0.1) is 0 Å². The molecule has 7 heteroatoms. The predicted molar refractivity (Wildman–Crippen MR) is 71.8 cm³/mol. The monoisotopic (exact) mass is 356 g/mol. The second-order valence-electron chi connectivity index (χ2n) is 4.23. The Bertz CT molecular complexity index is 422. The van der Waals surface area contributed by atoms with Crippen LogP contribution in [0.2, 0.25) is 0 Å². The lowest BCUT2D eigenvalue weighted by molar-refractivity contribution is -0.174. The first-order valence-electron chi connectivity index (χ1n) is 6.04. The van der Waals surface area contributed by atoms with Crippen LogP contribution in [0.4, 0.5) is 13.2 Å². The van der Waals surface area contributed by atoms with E-state index in [1.807, 2.05) is 0 Å². The number of halogens is 4. The summed E-state index contributed by atoms with van der Waals surface area (Å²) in [6, 6.07) is 5.20. The van der Waals surface area contributed by atoms with Crippen molar-refractivity contribution in [3.8, 4) is 5.75 Å². The van der Waals surface area contributed by atoms with E-state index in [-0.39, 0.29) is 13.2 Å². The highest BCUT2D eigenvalue weighted by atomic mass is 79.9. The lowest BCUT2D eigenvalue weighted by Crippen LogP contribution is -2.18. The minimum Gasteiger partial charge on any atom is -0.493 e. The minimum absolute atomic E-state index is 0.0277. The van der Waals surface area contributed by atoms with Crippen molar-refractivity contribution in [1.29, 1.82) is 0 Å². The molecule has 1 N–H and O–H groups in total. The molecule has 0 saturated heterocycles. The number of aliphatic hydroxyl groups is 1. The van der Waals surface area contributed by atoms with Crippen LogP contribution in [0.5, 0.6) is 5.75 Å². The molecule has 1 aromatic carbocycles. The van der Waals surface area contributed by atoms with E-state index in [1.54, 1.807) is 25.1 Å². The van der Waals surface area contributed by atoms with Gasteiger partial charge in [-0.1, -0.05) is 15.9 Å². The molecule has 0 spiro atoms. The van der Waals surface area contributed by atoms with Crippen LogP contribution in [0.15, 0.2) is 22.7 Å². The van der Waals surface area contributed by atoms with E-state index in [2.05, 4.69) is 20.7 Å². The molecule has 114 valence electrons. The zero-order valence-electron chi connectivity index (χ0n) is 10.9. The van der Waals surface area contributed by atoms with Crippen molar-refractivity contribution in [3.63, 3.8) is 0 Å². The Morgan fingerprint density at radius 2 is 2.00 bits per heavy atom. The summed E-state index contributed by atoms with van der Waals surface area (Å²) in [5, 5.41) is 9.61. The Labute approximate surface area is 123 Å². The van der Waals surface area contributed by atoms with Gasteiger partial charge in [0.25, 0.3) is 0 Å². The van der Waals surface area contributed by atoms with Crippen molar-refractivity contribution in [2.24, 2.45) is 0 Å². The fourth-order valence-corrected chi connectivity index (χ4v) is 1.89. The van der Waals surface area contributed by atoms with E-state index in [1.165, 1.54) is 0 Å². The van der Waals surface area contributed by atoms with Crippen molar-refractivity contribution in [2.45, 2.75) is 25.6 Å². The number of alkyl halides is 3. The average Bonchev–Trinajstić information content (AvgIpc) is 2.33. The molecule has 0 heterocycles. The van der Waals surface area contributed by atoms with Gasteiger partial charge in [-0.15, -0.1) is 0 Å². The van der Waals surface area contributed by atoms with E-state index in [0.717, 1.165) is 4.47 Å². The molecule has 1 rings (SSSR count). The highest BCUT2D eigenvalue weighted by Crippen LogP contribution is 2.28. The van der Waals surface area contributed by atoms with Crippen LogP contribution in [0.3, 0.4) is 0 Å². The molecule has 1 atom stereocenters. The number of benzene rings is 1. The maximum Gasteiger partial charge on any atom is 0.411 e. The first-order valence-corrected chi connectivity index (χ1v) is 6.83. The summed E-state index contributed by atoms with van der Waals surface area (Å²) in [6.07, 6.45) is -4.65. The van der Waals surface area contributed by atoms with Crippen LogP contribution in [0.1, 0.15) is 25.0 Å². The molecule has 20 heavy (non-hydrogen) atoms. The van der Waals surface area contributed by atoms with E-state index in [9.17, 15) is 18.3 Å². The third-order valence-electron chi connectivity index (χ3n) is 2.38. The van der Waals surface area contributed by atoms with Crippen LogP contribution >= 0.6 is 15.9 Å². The first-order chi connectivity index (χ1) is 9.29. The Morgan fingerprint density at radius 1 is 1.30 bits per heavy atom.